The van der Waals surface area contributed by atoms with Gasteiger partial charge in [0.25, 0.3) is 0 Å². The van der Waals surface area contributed by atoms with Gasteiger partial charge in [0.15, 0.2) is 0 Å². The maximum Gasteiger partial charge on any atom is 0.0702 e. The summed E-state index contributed by atoms with van der Waals surface area (Å²) in [6.07, 6.45) is 14.8. The SMILES string of the molecule is C1=CC2C=Cc3ccc(-c4ccccn4)cc3C2C=C1.CC(C)(C)C(O)CC(O)C(C)(C)C.[Ir]. The molecule has 4 rings (SSSR count). The van der Waals surface area contributed by atoms with Crippen LogP contribution >= 0.6 is 0 Å². The Balaban J connectivity index is 0.000000258. The predicted molar refractivity (Wildman–Crippen MR) is 139 cm³/mol. The Bertz CT molecular complexity index is 994. The first-order valence-corrected chi connectivity index (χ1v) is 11.9. The Morgan fingerprint density at radius 1 is 0.853 bits per heavy atom. The van der Waals surface area contributed by atoms with Crippen molar-refractivity contribution in [2.24, 2.45) is 16.7 Å². The van der Waals surface area contributed by atoms with Gasteiger partial charge in [-0.1, -0.05) is 96.2 Å². The summed E-state index contributed by atoms with van der Waals surface area (Å²) < 4.78 is 0. The molecule has 0 saturated heterocycles. The summed E-state index contributed by atoms with van der Waals surface area (Å²) >= 11 is 0. The van der Waals surface area contributed by atoms with E-state index < -0.39 is 12.2 Å². The van der Waals surface area contributed by atoms with E-state index in [9.17, 15) is 10.2 Å². The molecule has 2 aliphatic rings. The first-order chi connectivity index (χ1) is 15.5. The molecule has 2 N–H and O–H groups in total. The summed E-state index contributed by atoms with van der Waals surface area (Å²) in [6, 6.07) is 12.7. The largest absolute Gasteiger partial charge is 0.392 e. The molecule has 1 aromatic carbocycles. The minimum atomic E-state index is -0.443. The van der Waals surface area contributed by atoms with Gasteiger partial charge in [0.2, 0.25) is 0 Å². The number of hydrogen-bond acceptors (Lipinski definition) is 3. The van der Waals surface area contributed by atoms with Gasteiger partial charge in [-0.25, -0.2) is 0 Å². The number of allylic oxidation sites excluding steroid dienone is 5. The molecule has 1 heterocycles. The molecule has 2 aromatic rings. The molecule has 1 aromatic heterocycles. The number of hydrogen-bond donors (Lipinski definition) is 2. The Kier molecular flexibility index (Phi) is 9.80. The van der Waals surface area contributed by atoms with Crippen molar-refractivity contribution in [2.45, 2.75) is 66.1 Å². The van der Waals surface area contributed by atoms with Gasteiger partial charge >= 0.3 is 0 Å². The molecule has 0 fully saturated rings. The van der Waals surface area contributed by atoms with E-state index in [1.165, 1.54) is 16.7 Å². The normalized spacial score (nSPS) is 20.2. The molecule has 34 heavy (non-hydrogen) atoms. The zero-order chi connectivity index (χ0) is 24.2. The molecule has 0 amide bonds. The van der Waals surface area contributed by atoms with Crippen LogP contribution in [0.3, 0.4) is 0 Å². The second-order valence-corrected chi connectivity index (χ2v) is 11.3. The number of fused-ring (bicyclic) bond motifs is 3. The van der Waals surface area contributed by atoms with Crippen LogP contribution in [0.4, 0.5) is 0 Å². The number of aromatic nitrogens is 1. The fraction of sp³-hybridized carbons (Fsp3) is 0.433. The summed E-state index contributed by atoms with van der Waals surface area (Å²) in [5.74, 6) is 0.954. The van der Waals surface area contributed by atoms with Crippen LogP contribution in [0.1, 0.15) is 65.0 Å². The van der Waals surface area contributed by atoms with E-state index in [2.05, 4.69) is 65.7 Å². The summed E-state index contributed by atoms with van der Waals surface area (Å²) in [7, 11) is 0. The zero-order valence-corrected chi connectivity index (χ0v) is 23.6. The molecule has 4 atom stereocenters. The minimum absolute atomic E-state index is 0. The number of benzene rings is 1. The Morgan fingerprint density at radius 2 is 1.50 bits per heavy atom. The summed E-state index contributed by atoms with van der Waals surface area (Å²) in [5, 5.41) is 19.5. The van der Waals surface area contributed by atoms with E-state index in [4.69, 9.17) is 0 Å². The van der Waals surface area contributed by atoms with Crippen molar-refractivity contribution in [3.63, 3.8) is 0 Å². The van der Waals surface area contributed by atoms with Crippen LogP contribution in [-0.4, -0.2) is 27.4 Å². The van der Waals surface area contributed by atoms with E-state index in [-0.39, 0.29) is 30.9 Å². The maximum absolute atomic E-state index is 9.76. The smallest absolute Gasteiger partial charge is 0.0702 e. The zero-order valence-electron chi connectivity index (χ0n) is 21.2. The number of pyridine rings is 1. The maximum atomic E-state index is 9.76. The molecule has 0 saturated carbocycles. The molecule has 4 heteroatoms. The number of rotatable bonds is 3. The van der Waals surface area contributed by atoms with Crippen LogP contribution in [0, 0.1) is 16.7 Å². The third-order valence-corrected chi connectivity index (χ3v) is 6.53. The van der Waals surface area contributed by atoms with Gasteiger partial charge in [-0.15, -0.1) is 0 Å². The number of aliphatic hydroxyl groups is 2. The molecule has 2 aliphatic carbocycles. The van der Waals surface area contributed by atoms with Gasteiger partial charge in [-0.05, 0) is 40.2 Å². The Labute approximate surface area is 219 Å². The van der Waals surface area contributed by atoms with Crippen LogP contribution in [0.15, 0.2) is 73.0 Å². The van der Waals surface area contributed by atoms with Gasteiger partial charge in [0, 0.05) is 50.1 Å². The second kappa shape index (κ2) is 11.7. The van der Waals surface area contributed by atoms with Crippen molar-refractivity contribution in [1.82, 2.24) is 4.98 Å². The monoisotopic (exact) mass is 638 g/mol. The van der Waals surface area contributed by atoms with Crippen molar-refractivity contribution in [3.8, 4) is 11.3 Å². The third-order valence-electron chi connectivity index (χ3n) is 6.53. The standard InChI is InChI=1S/C19H15N.C11H24O2.Ir/c1-2-6-17-14(5-1)8-9-15-10-11-16(13-18(15)17)19-7-3-4-12-20-19;1-10(2,3)8(12)7-9(13)11(4,5)6;/h1-14,17H;8-9,12-13H,7H2,1-6H3;. The summed E-state index contributed by atoms with van der Waals surface area (Å²) in [5.41, 5.74) is 4.67. The van der Waals surface area contributed by atoms with E-state index >= 15 is 0 Å². The van der Waals surface area contributed by atoms with Gasteiger partial charge in [0.05, 0.1) is 17.9 Å². The third kappa shape index (κ3) is 7.33. The summed E-state index contributed by atoms with van der Waals surface area (Å²) in [4.78, 5) is 4.45. The summed E-state index contributed by atoms with van der Waals surface area (Å²) in [6.45, 7) is 11.9. The minimum Gasteiger partial charge on any atom is -0.392 e. The quantitative estimate of drug-likeness (QED) is 0.390. The molecule has 3 nitrogen and oxygen atoms in total. The van der Waals surface area contributed by atoms with Crippen LogP contribution < -0.4 is 0 Å². The van der Waals surface area contributed by atoms with Crippen molar-refractivity contribution in [2.75, 3.05) is 0 Å². The molecule has 0 spiro atoms. The van der Waals surface area contributed by atoms with Gasteiger partial charge in [-0.2, -0.15) is 0 Å². The van der Waals surface area contributed by atoms with Crippen LogP contribution in [0.25, 0.3) is 17.3 Å². The van der Waals surface area contributed by atoms with Crippen molar-refractivity contribution < 1.29 is 30.3 Å². The van der Waals surface area contributed by atoms with E-state index in [0.717, 1.165) is 5.69 Å². The topological polar surface area (TPSA) is 53.4 Å². The predicted octanol–water partition coefficient (Wildman–Crippen LogP) is 6.79. The average Bonchev–Trinajstić information content (AvgIpc) is 2.78. The molecule has 4 unspecified atom stereocenters. The van der Waals surface area contributed by atoms with E-state index in [1.54, 1.807) is 0 Å². The number of aliphatic hydroxyl groups excluding tert-OH is 2. The fourth-order valence-corrected chi connectivity index (χ4v) is 3.96. The number of nitrogens with zero attached hydrogens (tertiary/aromatic N) is 1. The van der Waals surface area contributed by atoms with Gasteiger partial charge in [-0.3, -0.25) is 4.98 Å². The molecule has 1 radical (unpaired) electrons. The van der Waals surface area contributed by atoms with E-state index in [1.807, 2.05) is 59.9 Å². The molecular formula is C30H39IrNO2. The van der Waals surface area contributed by atoms with Gasteiger partial charge < -0.3 is 10.2 Å². The van der Waals surface area contributed by atoms with Crippen molar-refractivity contribution in [3.05, 3.63) is 84.1 Å². The average molecular weight is 638 g/mol. The second-order valence-electron chi connectivity index (χ2n) is 11.3. The van der Waals surface area contributed by atoms with E-state index in [0.29, 0.717) is 18.3 Å². The van der Waals surface area contributed by atoms with Crippen LogP contribution in [0.5, 0.6) is 0 Å². The fourth-order valence-electron chi connectivity index (χ4n) is 3.96. The van der Waals surface area contributed by atoms with Crippen LogP contribution in [-0.2, 0) is 20.1 Å². The molecular weight excluding hydrogens is 599 g/mol. The molecule has 0 aliphatic heterocycles. The van der Waals surface area contributed by atoms with Crippen LogP contribution in [0.2, 0.25) is 0 Å². The first-order valence-electron chi connectivity index (χ1n) is 11.9. The van der Waals surface area contributed by atoms with Gasteiger partial charge in [0.1, 0.15) is 0 Å². The first kappa shape index (κ1) is 28.4. The Hall–Kier alpha value is -1.84. The molecule has 0 bridgehead atoms. The van der Waals surface area contributed by atoms with Crippen molar-refractivity contribution >= 4 is 6.08 Å². The Morgan fingerprint density at radius 3 is 2.09 bits per heavy atom. The molecule has 185 valence electrons. The van der Waals surface area contributed by atoms with Crippen molar-refractivity contribution in [1.29, 1.82) is 0 Å².